The van der Waals surface area contributed by atoms with Crippen molar-refractivity contribution in [3.05, 3.63) is 40.8 Å². The van der Waals surface area contributed by atoms with Gasteiger partial charge in [0, 0.05) is 25.6 Å². The number of hydrogen-bond acceptors (Lipinski definition) is 7. The van der Waals surface area contributed by atoms with Crippen molar-refractivity contribution in [1.82, 2.24) is 21.1 Å². The molecule has 1 heterocycles. The largest absolute Gasteiger partial charge is 0.356 e. The Labute approximate surface area is 146 Å². The van der Waals surface area contributed by atoms with E-state index in [-0.39, 0.29) is 29.3 Å². The number of amides is 1. The normalized spacial score (nSPS) is 16.1. The molecule has 25 heavy (non-hydrogen) atoms. The van der Waals surface area contributed by atoms with Gasteiger partial charge in [-0.3, -0.25) is 20.5 Å². The molecule has 3 N–H and O–H groups in total. The molecule has 0 saturated carbocycles. The van der Waals surface area contributed by atoms with Crippen LogP contribution in [0.15, 0.2) is 32.8 Å². The van der Waals surface area contributed by atoms with E-state index in [2.05, 4.69) is 20.6 Å². The first-order valence-corrected chi connectivity index (χ1v) is 8.54. The second-order valence-electron chi connectivity index (χ2n) is 5.37. The second kappa shape index (κ2) is 7.62. The van der Waals surface area contributed by atoms with Gasteiger partial charge in [0.2, 0.25) is 5.91 Å². The topological polar surface area (TPSA) is 113 Å². The monoisotopic (exact) mass is 365 g/mol. The van der Waals surface area contributed by atoms with Crippen LogP contribution in [0.5, 0.6) is 0 Å². The number of nitrogens with zero attached hydrogens (tertiary/aromatic N) is 3. The zero-order chi connectivity index (χ0) is 17.8. The molecule has 0 bridgehead atoms. The Balaban J connectivity index is 1.72. The van der Waals surface area contributed by atoms with Gasteiger partial charge >= 0.3 is 0 Å². The summed E-state index contributed by atoms with van der Waals surface area (Å²) in [5.74, 6) is 0.286. The van der Waals surface area contributed by atoms with E-state index in [9.17, 15) is 14.4 Å². The molecule has 10 heteroatoms. The van der Waals surface area contributed by atoms with Crippen LogP contribution < -0.4 is 10.8 Å². The highest BCUT2D eigenvalue weighted by Crippen LogP contribution is 2.38. The van der Waals surface area contributed by atoms with Crippen LogP contribution in [0.4, 0.5) is 4.39 Å². The maximum absolute atomic E-state index is 13.6. The third-order valence-corrected chi connectivity index (χ3v) is 4.65. The van der Waals surface area contributed by atoms with Gasteiger partial charge in [0.05, 0.1) is 6.04 Å². The third kappa shape index (κ3) is 3.80. The molecule has 132 valence electrons. The lowest BCUT2D eigenvalue weighted by atomic mass is 9.83. The molecule has 8 nitrogen and oxygen atoms in total. The summed E-state index contributed by atoms with van der Waals surface area (Å²) in [5.41, 5.74) is 3.69. The van der Waals surface area contributed by atoms with Gasteiger partial charge in [-0.25, -0.2) is 9.02 Å². The fraction of sp³-hybridized carbons (Fsp3) is 0.333. The van der Waals surface area contributed by atoms with E-state index in [0.29, 0.717) is 29.3 Å². The highest BCUT2D eigenvalue weighted by Gasteiger charge is 2.30. The maximum Gasteiger partial charge on any atom is 0.216 e. The molecule has 0 fully saturated rings. The molecule has 0 radical (unpaired) electrons. The van der Waals surface area contributed by atoms with Gasteiger partial charge in [0.25, 0.3) is 0 Å². The summed E-state index contributed by atoms with van der Waals surface area (Å²) in [7, 11) is 0. The molecule has 1 aromatic heterocycles. The Hall–Kier alpha value is -2.46. The standard InChI is InChI=1S/C15H16FN5O3S/c1-8(22)17-5-6-25-15-13(20-24-21-15)14(19-23)18-12-7-10-9(12)3-2-4-11(10)16/h2-4,12,23H,5-7H2,1H3,(H,17,22)(H,18,19). The molecule has 1 amide bonds. The first kappa shape index (κ1) is 17.4. The summed E-state index contributed by atoms with van der Waals surface area (Å²) >= 11 is 1.31. The number of aromatic nitrogens is 2. The van der Waals surface area contributed by atoms with Gasteiger partial charge in [0.1, 0.15) is 5.82 Å². The minimum Gasteiger partial charge on any atom is -0.356 e. The van der Waals surface area contributed by atoms with Crippen LogP contribution in [-0.4, -0.2) is 39.6 Å². The van der Waals surface area contributed by atoms with Crippen molar-refractivity contribution >= 4 is 23.5 Å². The number of amidine groups is 1. The van der Waals surface area contributed by atoms with Gasteiger partial charge in [-0.2, -0.15) is 0 Å². The summed E-state index contributed by atoms with van der Waals surface area (Å²) in [6, 6.07) is 4.57. The number of carbonyl (C=O) groups is 1. The van der Waals surface area contributed by atoms with Crippen molar-refractivity contribution in [3.63, 3.8) is 0 Å². The van der Waals surface area contributed by atoms with Crippen LogP contribution in [0.3, 0.4) is 0 Å². The summed E-state index contributed by atoms with van der Waals surface area (Å²) in [6.07, 6.45) is 0.448. The zero-order valence-corrected chi connectivity index (χ0v) is 14.1. The van der Waals surface area contributed by atoms with E-state index < -0.39 is 0 Å². The van der Waals surface area contributed by atoms with Crippen molar-refractivity contribution in [2.24, 2.45) is 4.99 Å². The Kier molecular flexibility index (Phi) is 5.29. The average molecular weight is 365 g/mol. The van der Waals surface area contributed by atoms with E-state index in [1.54, 1.807) is 12.1 Å². The molecule has 1 unspecified atom stereocenters. The average Bonchev–Trinajstić information content (AvgIpc) is 3.02. The van der Waals surface area contributed by atoms with E-state index >= 15 is 0 Å². The van der Waals surface area contributed by atoms with E-state index in [4.69, 9.17) is 4.63 Å². The number of hydrogen-bond donors (Lipinski definition) is 3. The minimum absolute atomic E-state index is 0.100. The van der Waals surface area contributed by atoms with Crippen molar-refractivity contribution < 1.29 is 19.0 Å². The first-order chi connectivity index (χ1) is 12.1. The van der Waals surface area contributed by atoms with Crippen LogP contribution in [0.2, 0.25) is 0 Å². The van der Waals surface area contributed by atoms with Crippen molar-refractivity contribution in [2.75, 3.05) is 12.3 Å². The second-order valence-corrected chi connectivity index (χ2v) is 6.45. The molecule has 1 aliphatic carbocycles. The van der Waals surface area contributed by atoms with Crippen LogP contribution in [0, 0.1) is 5.82 Å². The van der Waals surface area contributed by atoms with Gasteiger partial charge in [-0.15, -0.1) is 0 Å². The van der Waals surface area contributed by atoms with Gasteiger partial charge < -0.3 is 5.32 Å². The number of halogens is 1. The predicted octanol–water partition coefficient (Wildman–Crippen LogP) is 1.46. The lowest BCUT2D eigenvalue weighted by Gasteiger charge is -2.27. The molecule has 0 aliphatic heterocycles. The number of aliphatic imine (C=N–C) groups is 1. The number of thioether (sulfide) groups is 1. The Bertz CT molecular complexity index is 810. The quantitative estimate of drug-likeness (QED) is 0.233. The summed E-state index contributed by atoms with van der Waals surface area (Å²) in [4.78, 5) is 15.2. The van der Waals surface area contributed by atoms with Gasteiger partial charge in [0.15, 0.2) is 16.6 Å². The molecule has 1 aromatic carbocycles. The number of rotatable bonds is 6. The van der Waals surface area contributed by atoms with Crippen molar-refractivity contribution in [3.8, 4) is 0 Å². The Morgan fingerprint density at radius 3 is 3.12 bits per heavy atom. The van der Waals surface area contributed by atoms with E-state index in [1.807, 2.05) is 5.48 Å². The number of hydroxylamine groups is 1. The molecular weight excluding hydrogens is 349 g/mol. The maximum atomic E-state index is 13.6. The molecule has 0 spiro atoms. The molecule has 1 aliphatic rings. The Morgan fingerprint density at radius 2 is 2.36 bits per heavy atom. The highest BCUT2D eigenvalue weighted by atomic mass is 32.2. The molecule has 0 saturated heterocycles. The number of carbonyl (C=O) groups excluding carboxylic acids is 1. The molecule has 2 aromatic rings. The lowest BCUT2D eigenvalue weighted by Crippen LogP contribution is -2.26. The Morgan fingerprint density at radius 1 is 1.52 bits per heavy atom. The summed E-state index contributed by atoms with van der Waals surface area (Å²) in [5, 5.41) is 20.1. The zero-order valence-electron chi connectivity index (χ0n) is 13.3. The van der Waals surface area contributed by atoms with E-state index in [0.717, 1.165) is 5.56 Å². The van der Waals surface area contributed by atoms with Crippen LogP contribution in [0.25, 0.3) is 0 Å². The fourth-order valence-corrected chi connectivity index (χ4v) is 3.24. The van der Waals surface area contributed by atoms with Crippen LogP contribution in [0.1, 0.15) is 29.8 Å². The number of nitrogens with one attached hydrogen (secondary N) is 2. The number of benzene rings is 1. The highest BCUT2D eigenvalue weighted by molar-refractivity contribution is 7.99. The lowest BCUT2D eigenvalue weighted by molar-refractivity contribution is -0.118. The third-order valence-electron chi connectivity index (χ3n) is 3.70. The molecular formula is C15H16FN5O3S. The van der Waals surface area contributed by atoms with Gasteiger partial charge in [-0.05, 0) is 27.5 Å². The van der Waals surface area contributed by atoms with Crippen molar-refractivity contribution in [2.45, 2.75) is 24.4 Å². The van der Waals surface area contributed by atoms with E-state index in [1.165, 1.54) is 24.8 Å². The van der Waals surface area contributed by atoms with Crippen molar-refractivity contribution in [1.29, 1.82) is 0 Å². The summed E-state index contributed by atoms with van der Waals surface area (Å²) < 4.78 is 18.3. The molecule has 3 rings (SSSR count). The number of fused-ring (bicyclic) bond motifs is 1. The van der Waals surface area contributed by atoms with Crippen LogP contribution in [-0.2, 0) is 11.2 Å². The first-order valence-electron chi connectivity index (χ1n) is 7.55. The summed E-state index contributed by atoms with van der Waals surface area (Å²) in [6.45, 7) is 1.90. The smallest absolute Gasteiger partial charge is 0.216 e. The minimum atomic E-state index is -0.269. The fourth-order valence-electron chi connectivity index (χ4n) is 2.48. The van der Waals surface area contributed by atoms with Crippen LogP contribution >= 0.6 is 11.8 Å². The SMILES string of the molecule is CC(=O)NCCSc1nonc1C(=NC1Cc2c(F)cccc21)NO. The van der Waals surface area contributed by atoms with Gasteiger partial charge in [-0.1, -0.05) is 23.9 Å². The predicted molar refractivity (Wildman–Crippen MR) is 88.0 cm³/mol. The molecule has 1 atom stereocenters.